The standard InChI is InChI=1S/C10H22O2S/c1-3-5-10(9-13)8-12-7-4-6-11-2/h10,13H,3-9H2,1-2H3. The molecular formula is C10H22O2S. The molecule has 0 aliphatic rings. The molecule has 0 fully saturated rings. The van der Waals surface area contributed by atoms with E-state index in [4.69, 9.17) is 9.47 Å². The van der Waals surface area contributed by atoms with E-state index in [0.717, 1.165) is 32.0 Å². The minimum Gasteiger partial charge on any atom is -0.385 e. The maximum atomic E-state index is 5.51. The molecule has 0 heterocycles. The molecule has 0 aromatic rings. The quantitative estimate of drug-likeness (QED) is 0.461. The van der Waals surface area contributed by atoms with Crippen molar-refractivity contribution in [1.82, 2.24) is 0 Å². The minimum absolute atomic E-state index is 0.621. The summed E-state index contributed by atoms with van der Waals surface area (Å²) in [6, 6.07) is 0. The first-order valence-electron chi connectivity index (χ1n) is 5.02. The molecule has 0 saturated carbocycles. The predicted molar refractivity (Wildman–Crippen MR) is 59.6 cm³/mol. The topological polar surface area (TPSA) is 18.5 Å². The SMILES string of the molecule is CCCC(CS)COCCCOC. The van der Waals surface area contributed by atoms with E-state index in [0.29, 0.717) is 5.92 Å². The van der Waals surface area contributed by atoms with Crippen molar-refractivity contribution in [3.05, 3.63) is 0 Å². The van der Waals surface area contributed by atoms with Crippen LogP contribution < -0.4 is 0 Å². The Kier molecular flexibility index (Phi) is 10.6. The molecule has 0 radical (unpaired) electrons. The van der Waals surface area contributed by atoms with Crippen molar-refractivity contribution < 1.29 is 9.47 Å². The third kappa shape index (κ3) is 8.60. The monoisotopic (exact) mass is 206 g/mol. The van der Waals surface area contributed by atoms with Crippen LogP contribution in [-0.2, 0) is 9.47 Å². The van der Waals surface area contributed by atoms with Gasteiger partial charge in [-0.05, 0) is 24.5 Å². The van der Waals surface area contributed by atoms with Crippen molar-refractivity contribution in [1.29, 1.82) is 0 Å². The molecule has 0 bridgehead atoms. The molecule has 80 valence electrons. The lowest BCUT2D eigenvalue weighted by molar-refractivity contribution is 0.0815. The van der Waals surface area contributed by atoms with E-state index in [9.17, 15) is 0 Å². The van der Waals surface area contributed by atoms with Gasteiger partial charge in [0.05, 0.1) is 6.61 Å². The Hall–Kier alpha value is 0.270. The predicted octanol–water partition coefficient (Wildman–Crippen LogP) is 2.39. The van der Waals surface area contributed by atoms with E-state index in [-0.39, 0.29) is 0 Å². The Balaban J connectivity index is 3.17. The second kappa shape index (κ2) is 10.4. The van der Waals surface area contributed by atoms with E-state index in [1.165, 1.54) is 12.8 Å². The lowest BCUT2D eigenvalue weighted by Gasteiger charge is -2.13. The van der Waals surface area contributed by atoms with Crippen LogP contribution in [0.15, 0.2) is 0 Å². The average Bonchev–Trinajstić information content (AvgIpc) is 2.16. The van der Waals surface area contributed by atoms with Gasteiger partial charge in [0.25, 0.3) is 0 Å². The molecule has 0 spiro atoms. The van der Waals surface area contributed by atoms with Crippen molar-refractivity contribution in [2.75, 3.05) is 32.7 Å². The Labute approximate surface area is 87.4 Å². The van der Waals surface area contributed by atoms with Gasteiger partial charge in [0.15, 0.2) is 0 Å². The molecule has 0 aliphatic carbocycles. The van der Waals surface area contributed by atoms with Gasteiger partial charge in [-0.1, -0.05) is 13.3 Å². The Bertz CT molecular complexity index is 98.9. The molecule has 2 nitrogen and oxygen atoms in total. The molecular weight excluding hydrogens is 184 g/mol. The van der Waals surface area contributed by atoms with Crippen molar-refractivity contribution in [2.45, 2.75) is 26.2 Å². The first kappa shape index (κ1) is 13.3. The van der Waals surface area contributed by atoms with Gasteiger partial charge in [0.1, 0.15) is 0 Å². The van der Waals surface area contributed by atoms with Crippen LogP contribution in [0.2, 0.25) is 0 Å². The van der Waals surface area contributed by atoms with Gasteiger partial charge >= 0.3 is 0 Å². The summed E-state index contributed by atoms with van der Waals surface area (Å²) in [6.07, 6.45) is 3.42. The molecule has 0 saturated heterocycles. The van der Waals surface area contributed by atoms with Crippen LogP contribution in [0.4, 0.5) is 0 Å². The Morgan fingerprint density at radius 1 is 1.31 bits per heavy atom. The van der Waals surface area contributed by atoms with Gasteiger partial charge in [0, 0.05) is 20.3 Å². The van der Waals surface area contributed by atoms with Crippen molar-refractivity contribution in [3.63, 3.8) is 0 Å². The summed E-state index contributed by atoms with van der Waals surface area (Å²) >= 11 is 4.29. The van der Waals surface area contributed by atoms with Crippen molar-refractivity contribution in [3.8, 4) is 0 Å². The van der Waals surface area contributed by atoms with E-state index in [2.05, 4.69) is 19.6 Å². The number of thiol groups is 1. The van der Waals surface area contributed by atoms with Crippen LogP contribution in [0.3, 0.4) is 0 Å². The molecule has 0 rings (SSSR count). The van der Waals surface area contributed by atoms with Crippen LogP contribution in [-0.4, -0.2) is 32.7 Å². The summed E-state index contributed by atoms with van der Waals surface area (Å²) in [4.78, 5) is 0. The largest absolute Gasteiger partial charge is 0.385 e. The van der Waals surface area contributed by atoms with E-state index in [1.807, 2.05) is 0 Å². The fourth-order valence-electron chi connectivity index (χ4n) is 1.19. The van der Waals surface area contributed by atoms with E-state index in [1.54, 1.807) is 7.11 Å². The molecule has 1 unspecified atom stereocenters. The van der Waals surface area contributed by atoms with Crippen LogP contribution in [0, 0.1) is 5.92 Å². The molecule has 0 N–H and O–H groups in total. The summed E-state index contributed by atoms with van der Waals surface area (Å²) in [5.41, 5.74) is 0. The highest BCUT2D eigenvalue weighted by molar-refractivity contribution is 7.80. The molecule has 13 heavy (non-hydrogen) atoms. The number of hydrogen-bond acceptors (Lipinski definition) is 3. The van der Waals surface area contributed by atoms with Crippen molar-refractivity contribution in [2.24, 2.45) is 5.92 Å². The van der Waals surface area contributed by atoms with Gasteiger partial charge < -0.3 is 9.47 Å². The fourth-order valence-corrected chi connectivity index (χ4v) is 1.48. The van der Waals surface area contributed by atoms with Gasteiger partial charge in [-0.25, -0.2) is 0 Å². The average molecular weight is 206 g/mol. The molecule has 0 amide bonds. The maximum absolute atomic E-state index is 5.51. The number of rotatable bonds is 9. The van der Waals surface area contributed by atoms with Gasteiger partial charge in [-0.15, -0.1) is 0 Å². The zero-order valence-corrected chi connectivity index (χ0v) is 9.69. The Morgan fingerprint density at radius 3 is 2.62 bits per heavy atom. The molecule has 1 atom stereocenters. The normalized spacial score (nSPS) is 13.2. The lowest BCUT2D eigenvalue weighted by Crippen LogP contribution is -2.12. The van der Waals surface area contributed by atoms with Gasteiger partial charge in [-0.3, -0.25) is 0 Å². The second-order valence-electron chi connectivity index (χ2n) is 3.26. The highest BCUT2D eigenvalue weighted by Gasteiger charge is 2.04. The van der Waals surface area contributed by atoms with Crippen molar-refractivity contribution >= 4 is 12.6 Å². The van der Waals surface area contributed by atoms with E-state index < -0.39 is 0 Å². The lowest BCUT2D eigenvalue weighted by atomic mass is 10.1. The van der Waals surface area contributed by atoms with Crippen LogP contribution >= 0.6 is 12.6 Å². The van der Waals surface area contributed by atoms with E-state index >= 15 is 0 Å². The molecule has 0 aromatic heterocycles. The number of methoxy groups -OCH3 is 1. The molecule has 0 aliphatic heterocycles. The molecule has 3 heteroatoms. The smallest absolute Gasteiger partial charge is 0.0502 e. The van der Waals surface area contributed by atoms with Gasteiger partial charge in [0.2, 0.25) is 0 Å². The maximum Gasteiger partial charge on any atom is 0.0502 e. The first-order valence-corrected chi connectivity index (χ1v) is 5.65. The summed E-state index contributed by atoms with van der Waals surface area (Å²) in [6.45, 7) is 4.64. The highest BCUT2D eigenvalue weighted by atomic mass is 32.1. The molecule has 0 aromatic carbocycles. The fraction of sp³-hybridized carbons (Fsp3) is 1.00. The van der Waals surface area contributed by atoms with Crippen LogP contribution in [0.1, 0.15) is 26.2 Å². The Morgan fingerprint density at radius 2 is 2.08 bits per heavy atom. The van der Waals surface area contributed by atoms with Gasteiger partial charge in [-0.2, -0.15) is 12.6 Å². The zero-order valence-electron chi connectivity index (χ0n) is 8.79. The summed E-state index contributed by atoms with van der Waals surface area (Å²) in [5.74, 6) is 1.55. The van der Waals surface area contributed by atoms with Crippen LogP contribution in [0.25, 0.3) is 0 Å². The van der Waals surface area contributed by atoms with Crippen LogP contribution in [0.5, 0.6) is 0 Å². The minimum atomic E-state index is 0.621. The number of hydrogen-bond donors (Lipinski definition) is 1. The third-order valence-corrected chi connectivity index (χ3v) is 2.46. The summed E-state index contributed by atoms with van der Waals surface area (Å²) < 4.78 is 10.4. The summed E-state index contributed by atoms with van der Waals surface area (Å²) in [5, 5.41) is 0. The highest BCUT2D eigenvalue weighted by Crippen LogP contribution is 2.08. The number of ether oxygens (including phenoxy) is 2. The first-order chi connectivity index (χ1) is 6.35. The zero-order chi connectivity index (χ0) is 9.94. The third-order valence-electron chi connectivity index (χ3n) is 1.95. The summed E-state index contributed by atoms with van der Waals surface area (Å²) in [7, 11) is 1.72. The second-order valence-corrected chi connectivity index (χ2v) is 3.62.